The van der Waals surface area contributed by atoms with Gasteiger partial charge in [0.05, 0.1) is 6.20 Å². The van der Waals surface area contributed by atoms with Crippen molar-refractivity contribution in [3.8, 4) is 11.1 Å². The van der Waals surface area contributed by atoms with Gasteiger partial charge in [0.25, 0.3) is 0 Å². The van der Waals surface area contributed by atoms with Crippen molar-refractivity contribution in [2.75, 3.05) is 12.0 Å². The molecule has 0 saturated carbocycles. The Balaban J connectivity index is 2.47. The van der Waals surface area contributed by atoms with Crippen LogP contribution in [0.1, 0.15) is 0 Å². The maximum absolute atomic E-state index is 5.74. The van der Waals surface area contributed by atoms with Crippen LogP contribution >= 0.6 is 11.8 Å². The van der Waals surface area contributed by atoms with Crippen LogP contribution in [0.25, 0.3) is 11.1 Å². The summed E-state index contributed by atoms with van der Waals surface area (Å²) in [6.45, 7) is 0. The number of nitrogens with two attached hydrogens (primary N) is 1. The lowest BCUT2D eigenvalue weighted by atomic mass is 10.1. The standard InChI is InChI=1S/C10H11N3S/c1-14-8-4-2-3-7(5-8)9-6-12-13-10(9)11/h2-6H,1H3,(H3,11,12,13). The Bertz CT molecular complexity index is 436. The number of nitrogen functional groups attached to an aromatic ring is 1. The van der Waals surface area contributed by atoms with E-state index in [9.17, 15) is 0 Å². The monoisotopic (exact) mass is 205 g/mol. The van der Waals surface area contributed by atoms with E-state index in [0.717, 1.165) is 11.1 Å². The molecule has 14 heavy (non-hydrogen) atoms. The molecule has 0 fully saturated rings. The Morgan fingerprint density at radius 2 is 2.29 bits per heavy atom. The molecule has 0 radical (unpaired) electrons. The predicted molar refractivity (Wildman–Crippen MR) is 60.2 cm³/mol. The number of hydrogen-bond donors (Lipinski definition) is 2. The second-order valence-electron chi connectivity index (χ2n) is 2.93. The fourth-order valence-electron chi connectivity index (χ4n) is 1.32. The van der Waals surface area contributed by atoms with Crippen LogP contribution in [-0.4, -0.2) is 16.5 Å². The molecule has 2 aromatic rings. The predicted octanol–water partition coefficient (Wildman–Crippen LogP) is 2.38. The quantitative estimate of drug-likeness (QED) is 0.740. The molecule has 0 amide bonds. The fourth-order valence-corrected chi connectivity index (χ4v) is 1.78. The van der Waals surface area contributed by atoms with Crippen molar-refractivity contribution in [2.45, 2.75) is 4.90 Å². The van der Waals surface area contributed by atoms with Gasteiger partial charge >= 0.3 is 0 Å². The van der Waals surface area contributed by atoms with Crippen LogP contribution in [0.5, 0.6) is 0 Å². The molecule has 0 aliphatic carbocycles. The highest BCUT2D eigenvalue weighted by atomic mass is 32.2. The van der Waals surface area contributed by atoms with Crippen LogP contribution in [0.4, 0.5) is 5.82 Å². The van der Waals surface area contributed by atoms with Crippen LogP contribution < -0.4 is 5.73 Å². The molecule has 0 aliphatic rings. The first kappa shape index (κ1) is 9.15. The highest BCUT2D eigenvalue weighted by Crippen LogP contribution is 2.26. The first-order valence-electron chi connectivity index (χ1n) is 4.24. The van der Waals surface area contributed by atoms with Gasteiger partial charge in [-0.2, -0.15) is 5.10 Å². The molecule has 4 heteroatoms. The Morgan fingerprint density at radius 1 is 1.43 bits per heavy atom. The van der Waals surface area contributed by atoms with E-state index in [2.05, 4.69) is 28.6 Å². The second-order valence-corrected chi connectivity index (χ2v) is 3.81. The Labute approximate surface area is 86.7 Å². The average molecular weight is 205 g/mol. The van der Waals surface area contributed by atoms with E-state index in [4.69, 9.17) is 5.73 Å². The van der Waals surface area contributed by atoms with Gasteiger partial charge in [-0.3, -0.25) is 5.10 Å². The first-order chi connectivity index (χ1) is 6.81. The number of thioether (sulfide) groups is 1. The molecule has 0 atom stereocenters. The third-order valence-electron chi connectivity index (χ3n) is 2.05. The zero-order valence-electron chi connectivity index (χ0n) is 7.82. The number of anilines is 1. The summed E-state index contributed by atoms with van der Waals surface area (Å²) < 4.78 is 0. The molecular weight excluding hydrogens is 194 g/mol. The number of benzene rings is 1. The lowest BCUT2D eigenvalue weighted by molar-refractivity contribution is 1.10. The molecule has 3 N–H and O–H groups in total. The number of aromatic amines is 1. The van der Waals surface area contributed by atoms with Crippen molar-refractivity contribution < 1.29 is 0 Å². The summed E-state index contributed by atoms with van der Waals surface area (Å²) in [4.78, 5) is 1.23. The first-order valence-corrected chi connectivity index (χ1v) is 5.47. The second kappa shape index (κ2) is 3.75. The fraction of sp³-hybridized carbons (Fsp3) is 0.100. The molecule has 1 heterocycles. The van der Waals surface area contributed by atoms with E-state index in [0.29, 0.717) is 5.82 Å². The van der Waals surface area contributed by atoms with Gasteiger partial charge in [0, 0.05) is 10.5 Å². The van der Waals surface area contributed by atoms with Crippen molar-refractivity contribution in [2.24, 2.45) is 0 Å². The molecule has 0 unspecified atom stereocenters. The van der Waals surface area contributed by atoms with E-state index in [1.165, 1.54) is 4.90 Å². The summed E-state index contributed by atoms with van der Waals surface area (Å²) in [5.74, 6) is 0.614. The summed E-state index contributed by atoms with van der Waals surface area (Å²) in [6, 6.07) is 8.23. The molecular formula is C10H11N3S. The molecule has 1 aromatic carbocycles. The van der Waals surface area contributed by atoms with Gasteiger partial charge in [0.15, 0.2) is 0 Å². The van der Waals surface area contributed by atoms with Crippen LogP contribution in [0.3, 0.4) is 0 Å². The summed E-state index contributed by atoms with van der Waals surface area (Å²) in [6.07, 6.45) is 3.80. The van der Waals surface area contributed by atoms with Crippen molar-refractivity contribution in [1.29, 1.82) is 0 Å². The van der Waals surface area contributed by atoms with E-state index < -0.39 is 0 Å². The Hall–Kier alpha value is -1.42. The minimum atomic E-state index is 0.614. The van der Waals surface area contributed by atoms with Gasteiger partial charge in [0.2, 0.25) is 0 Å². The van der Waals surface area contributed by atoms with Gasteiger partial charge in [-0.1, -0.05) is 12.1 Å². The molecule has 0 saturated heterocycles. The number of hydrogen-bond acceptors (Lipinski definition) is 3. The van der Waals surface area contributed by atoms with Crippen molar-refractivity contribution >= 4 is 17.6 Å². The van der Waals surface area contributed by atoms with Crippen LogP contribution in [0.2, 0.25) is 0 Å². The third-order valence-corrected chi connectivity index (χ3v) is 2.77. The van der Waals surface area contributed by atoms with E-state index in [1.807, 2.05) is 12.1 Å². The summed E-state index contributed by atoms with van der Waals surface area (Å²) in [7, 11) is 0. The molecule has 0 bridgehead atoms. The highest BCUT2D eigenvalue weighted by molar-refractivity contribution is 7.98. The van der Waals surface area contributed by atoms with Crippen LogP contribution in [-0.2, 0) is 0 Å². The minimum absolute atomic E-state index is 0.614. The number of H-pyrrole nitrogens is 1. The maximum Gasteiger partial charge on any atom is 0.126 e. The van der Waals surface area contributed by atoms with Gasteiger partial charge in [-0.15, -0.1) is 11.8 Å². The lowest BCUT2D eigenvalue weighted by Gasteiger charge is -2.01. The Kier molecular flexibility index (Phi) is 2.45. The number of aromatic nitrogens is 2. The molecule has 3 nitrogen and oxygen atoms in total. The van der Waals surface area contributed by atoms with E-state index in [-0.39, 0.29) is 0 Å². The molecule has 2 rings (SSSR count). The maximum atomic E-state index is 5.74. The lowest BCUT2D eigenvalue weighted by Crippen LogP contribution is -1.87. The zero-order chi connectivity index (χ0) is 9.97. The van der Waals surface area contributed by atoms with Gasteiger partial charge in [-0.25, -0.2) is 0 Å². The number of rotatable bonds is 2. The highest BCUT2D eigenvalue weighted by Gasteiger charge is 2.04. The topological polar surface area (TPSA) is 54.7 Å². The number of nitrogens with zero attached hydrogens (tertiary/aromatic N) is 1. The van der Waals surface area contributed by atoms with Gasteiger partial charge in [-0.05, 0) is 24.0 Å². The smallest absolute Gasteiger partial charge is 0.126 e. The molecule has 0 aliphatic heterocycles. The Morgan fingerprint density at radius 3 is 2.93 bits per heavy atom. The summed E-state index contributed by atoms with van der Waals surface area (Å²) in [5.41, 5.74) is 7.80. The van der Waals surface area contributed by atoms with E-state index >= 15 is 0 Å². The van der Waals surface area contributed by atoms with Gasteiger partial charge in [0.1, 0.15) is 5.82 Å². The zero-order valence-corrected chi connectivity index (χ0v) is 8.64. The SMILES string of the molecule is CSc1cccc(-c2cn[nH]c2N)c1. The minimum Gasteiger partial charge on any atom is -0.384 e. The van der Waals surface area contributed by atoms with Crippen molar-refractivity contribution in [3.63, 3.8) is 0 Å². The summed E-state index contributed by atoms with van der Waals surface area (Å²) >= 11 is 1.71. The molecule has 0 spiro atoms. The van der Waals surface area contributed by atoms with Crippen LogP contribution in [0.15, 0.2) is 35.4 Å². The van der Waals surface area contributed by atoms with Crippen molar-refractivity contribution in [1.82, 2.24) is 10.2 Å². The van der Waals surface area contributed by atoms with Crippen molar-refractivity contribution in [3.05, 3.63) is 30.5 Å². The average Bonchev–Trinajstić information content (AvgIpc) is 2.65. The largest absolute Gasteiger partial charge is 0.384 e. The summed E-state index contributed by atoms with van der Waals surface area (Å²) in [5, 5.41) is 6.62. The third kappa shape index (κ3) is 1.61. The number of nitrogens with one attached hydrogen (secondary N) is 1. The van der Waals surface area contributed by atoms with Crippen LogP contribution in [0, 0.1) is 0 Å². The van der Waals surface area contributed by atoms with Gasteiger partial charge < -0.3 is 5.73 Å². The molecule has 72 valence electrons. The van der Waals surface area contributed by atoms with E-state index in [1.54, 1.807) is 18.0 Å². The normalized spacial score (nSPS) is 10.4. The molecule has 1 aromatic heterocycles.